The van der Waals surface area contributed by atoms with E-state index in [0.29, 0.717) is 17.1 Å². The van der Waals surface area contributed by atoms with E-state index >= 15 is 0 Å². The molecule has 0 aliphatic carbocycles. The molecule has 0 amide bonds. The molecule has 17 heavy (non-hydrogen) atoms. The van der Waals surface area contributed by atoms with Gasteiger partial charge in [-0.3, -0.25) is 15.4 Å². The van der Waals surface area contributed by atoms with Gasteiger partial charge in [0.25, 0.3) is 5.69 Å². The SMILES string of the molecule is C#CC(C)(C)NCc1ccc(Cl)cc1[N+](=O)[O-]. The molecule has 0 aliphatic heterocycles. The van der Waals surface area contributed by atoms with Crippen molar-refractivity contribution in [2.24, 2.45) is 0 Å². The van der Waals surface area contributed by atoms with Crippen molar-refractivity contribution in [3.05, 3.63) is 38.9 Å². The van der Waals surface area contributed by atoms with Crippen LogP contribution in [0.5, 0.6) is 0 Å². The number of hydrogen-bond acceptors (Lipinski definition) is 3. The Morgan fingerprint density at radius 2 is 2.24 bits per heavy atom. The lowest BCUT2D eigenvalue weighted by Gasteiger charge is -2.19. The smallest absolute Gasteiger partial charge is 0.275 e. The molecule has 0 unspecified atom stereocenters. The first-order valence-corrected chi connectivity index (χ1v) is 5.39. The van der Waals surface area contributed by atoms with Gasteiger partial charge in [-0.2, -0.15) is 0 Å². The van der Waals surface area contributed by atoms with E-state index in [4.69, 9.17) is 18.0 Å². The average molecular weight is 253 g/mol. The minimum atomic E-state index is -0.506. The van der Waals surface area contributed by atoms with Crippen LogP contribution in [0, 0.1) is 22.5 Å². The molecule has 0 heterocycles. The highest BCUT2D eigenvalue weighted by atomic mass is 35.5. The Morgan fingerprint density at radius 1 is 1.59 bits per heavy atom. The number of rotatable bonds is 4. The summed E-state index contributed by atoms with van der Waals surface area (Å²) in [6.45, 7) is 3.98. The van der Waals surface area contributed by atoms with Crippen molar-refractivity contribution in [3.63, 3.8) is 0 Å². The van der Waals surface area contributed by atoms with Crippen LogP contribution in [-0.4, -0.2) is 10.5 Å². The highest BCUT2D eigenvalue weighted by molar-refractivity contribution is 6.30. The molecule has 1 rings (SSSR count). The maximum atomic E-state index is 10.8. The van der Waals surface area contributed by atoms with Crippen LogP contribution >= 0.6 is 11.6 Å². The van der Waals surface area contributed by atoms with Crippen LogP contribution in [0.1, 0.15) is 19.4 Å². The number of nitrogens with one attached hydrogen (secondary N) is 1. The molecule has 0 saturated heterocycles. The van der Waals surface area contributed by atoms with E-state index in [1.807, 2.05) is 13.8 Å². The molecule has 0 fully saturated rings. The Hall–Kier alpha value is -1.57. The standard InChI is InChI=1S/C12H13ClN2O2/c1-4-12(2,3)14-8-9-5-6-10(13)7-11(9)15(16)17/h1,5-7,14H,8H2,2-3H3. The summed E-state index contributed by atoms with van der Waals surface area (Å²) in [6.07, 6.45) is 5.32. The third-order valence-electron chi connectivity index (χ3n) is 2.33. The highest BCUT2D eigenvalue weighted by Gasteiger charge is 2.18. The summed E-state index contributed by atoms with van der Waals surface area (Å²) in [7, 11) is 0. The largest absolute Gasteiger partial charge is 0.297 e. The summed E-state index contributed by atoms with van der Waals surface area (Å²) >= 11 is 5.72. The minimum absolute atomic E-state index is 0.00202. The molecule has 1 aromatic carbocycles. The Labute approximate surface area is 105 Å². The fraction of sp³-hybridized carbons (Fsp3) is 0.333. The zero-order valence-electron chi connectivity index (χ0n) is 9.66. The summed E-state index contributed by atoms with van der Waals surface area (Å²) in [5.41, 5.74) is 0.0496. The Bertz CT molecular complexity index is 478. The number of nitro benzene ring substituents is 1. The van der Waals surface area contributed by atoms with Crippen LogP contribution in [0.3, 0.4) is 0 Å². The van der Waals surface area contributed by atoms with Crippen LogP contribution in [0.2, 0.25) is 5.02 Å². The maximum absolute atomic E-state index is 10.8. The second kappa shape index (κ2) is 5.17. The van der Waals surface area contributed by atoms with Gasteiger partial charge in [-0.1, -0.05) is 17.5 Å². The molecule has 0 aliphatic rings. The van der Waals surface area contributed by atoms with Crippen molar-refractivity contribution in [2.45, 2.75) is 25.9 Å². The molecule has 0 bridgehead atoms. The molecule has 4 nitrogen and oxygen atoms in total. The van der Waals surface area contributed by atoms with E-state index < -0.39 is 10.5 Å². The summed E-state index contributed by atoms with van der Waals surface area (Å²) in [5.74, 6) is 2.56. The van der Waals surface area contributed by atoms with E-state index in [1.165, 1.54) is 6.07 Å². The van der Waals surface area contributed by atoms with Crippen LogP contribution in [-0.2, 0) is 6.54 Å². The summed E-state index contributed by atoms with van der Waals surface area (Å²) in [5, 5.41) is 14.2. The Kier molecular flexibility index (Phi) is 4.11. The number of hydrogen-bond donors (Lipinski definition) is 1. The normalized spacial score (nSPS) is 10.9. The fourth-order valence-electron chi connectivity index (χ4n) is 1.22. The van der Waals surface area contributed by atoms with Gasteiger partial charge in [-0.15, -0.1) is 6.42 Å². The van der Waals surface area contributed by atoms with E-state index in [2.05, 4.69) is 11.2 Å². The zero-order valence-corrected chi connectivity index (χ0v) is 10.4. The lowest BCUT2D eigenvalue weighted by Crippen LogP contribution is -2.37. The number of nitrogens with zero attached hydrogens (tertiary/aromatic N) is 1. The Morgan fingerprint density at radius 3 is 2.76 bits per heavy atom. The van der Waals surface area contributed by atoms with Crippen molar-refractivity contribution in [2.75, 3.05) is 0 Å². The van der Waals surface area contributed by atoms with Crippen molar-refractivity contribution in [1.29, 1.82) is 0 Å². The van der Waals surface area contributed by atoms with Crippen LogP contribution in [0.4, 0.5) is 5.69 Å². The second-order valence-corrected chi connectivity index (χ2v) is 4.59. The molecule has 0 aromatic heterocycles. The number of terminal acetylenes is 1. The zero-order chi connectivity index (χ0) is 13.1. The van der Waals surface area contributed by atoms with E-state index in [0.717, 1.165) is 0 Å². The predicted molar refractivity (Wildman–Crippen MR) is 67.9 cm³/mol. The van der Waals surface area contributed by atoms with Crippen LogP contribution in [0.15, 0.2) is 18.2 Å². The molecule has 1 aromatic rings. The van der Waals surface area contributed by atoms with Crippen LogP contribution < -0.4 is 5.32 Å². The quantitative estimate of drug-likeness (QED) is 0.509. The summed E-state index contributed by atoms with van der Waals surface area (Å²) < 4.78 is 0. The molecular formula is C12H13ClN2O2. The van der Waals surface area contributed by atoms with Gasteiger partial charge in [0.2, 0.25) is 0 Å². The number of benzene rings is 1. The fourth-order valence-corrected chi connectivity index (χ4v) is 1.39. The summed E-state index contributed by atoms with van der Waals surface area (Å²) in [4.78, 5) is 10.4. The van der Waals surface area contributed by atoms with Gasteiger partial charge in [-0.25, -0.2) is 0 Å². The highest BCUT2D eigenvalue weighted by Crippen LogP contribution is 2.23. The molecular weight excluding hydrogens is 240 g/mol. The molecule has 90 valence electrons. The van der Waals surface area contributed by atoms with E-state index in [1.54, 1.807) is 12.1 Å². The second-order valence-electron chi connectivity index (χ2n) is 4.15. The van der Waals surface area contributed by atoms with Gasteiger partial charge < -0.3 is 0 Å². The van der Waals surface area contributed by atoms with Gasteiger partial charge in [0.1, 0.15) is 0 Å². The maximum Gasteiger partial charge on any atom is 0.275 e. The van der Waals surface area contributed by atoms with Gasteiger partial charge in [0.05, 0.1) is 10.5 Å². The van der Waals surface area contributed by atoms with E-state index in [9.17, 15) is 10.1 Å². The van der Waals surface area contributed by atoms with Crippen molar-refractivity contribution in [1.82, 2.24) is 5.32 Å². The predicted octanol–water partition coefficient (Wildman–Crippen LogP) is 2.75. The molecule has 0 radical (unpaired) electrons. The lowest BCUT2D eigenvalue weighted by atomic mass is 10.1. The monoisotopic (exact) mass is 252 g/mol. The van der Waals surface area contributed by atoms with Gasteiger partial charge >= 0.3 is 0 Å². The molecule has 1 N–H and O–H groups in total. The lowest BCUT2D eigenvalue weighted by molar-refractivity contribution is -0.385. The van der Waals surface area contributed by atoms with Crippen molar-refractivity contribution in [3.8, 4) is 12.3 Å². The topological polar surface area (TPSA) is 55.2 Å². The number of nitro groups is 1. The minimum Gasteiger partial charge on any atom is -0.297 e. The van der Waals surface area contributed by atoms with Gasteiger partial charge in [0, 0.05) is 23.2 Å². The summed E-state index contributed by atoms with van der Waals surface area (Å²) in [6, 6.07) is 4.58. The molecule has 0 atom stereocenters. The third kappa shape index (κ3) is 3.74. The van der Waals surface area contributed by atoms with Gasteiger partial charge in [0.15, 0.2) is 0 Å². The average Bonchev–Trinajstić information content (AvgIpc) is 2.27. The number of halogens is 1. The van der Waals surface area contributed by atoms with Gasteiger partial charge in [-0.05, 0) is 26.0 Å². The first kappa shape index (κ1) is 13.5. The molecule has 0 saturated carbocycles. The van der Waals surface area contributed by atoms with Crippen molar-refractivity contribution < 1.29 is 4.92 Å². The first-order valence-electron chi connectivity index (χ1n) is 5.01. The molecule has 0 spiro atoms. The van der Waals surface area contributed by atoms with E-state index in [-0.39, 0.29) is 5.69 Å². The van der Waals surface area contributed by atoms with Crippen LogP contribution in [0.25, 0.3) is 0 Å². The third-order valence-corrected chi connectivity index (χ3v) is 2.56. The molecule has 5 heteroatoms. The Balaban J connectivity index is 2.92. The van der Waals surface area contributed by atoms with Crippen molar-refractivity contribution >= 4 is 17.3 Å². The first-order chi connectivity index (χ1) is 7.85.